The predicted molar refractivity (Wildman–Crippen MR) is 147 cm³/mol. The number of hydrogen-bond acceptors (Lipinski definition) is 3. The Labute approximate surface area is 217 Å². The molecule has 1 aliphatic heterocycles. The lowest BCUT2D eigenvalue weighted by molar-refractivity contribution is 0.142. The Bertz CT molecular complexity index is 1380. The van der Waals surface area contributed by atoms with Crippen LogP contribution < -0.4 is 11.1 Å². The van der Waals surface area contributed by atoms with E-state index in [1.54, 1.807) is 7.05 Å². The monoisotopic (exact) mass is 497 g/mol. The molecule has 4 aromatic rings. The van der Waals surface area contributed by atoms with Gasteiger partial charge in [0.1, 0.15) is 0 Å². The van der Waals surface area contributed by atoms with Gasteiger partial charge in [0.25, 0.3) is 0 Å². The number of unbranched alkanes of at least 4 members (excludes halogenated alkanes) is 1. The second-order valence-electron chi connectivity index (χ2n) is 10.1. The lowest BCUT2D eigenvalue weighted by Crippen LogP contribution is -2.51. The number of likely N-dealkylation sites (tertiary alicyclic amines) is 1. The Kier molecular flexibility index (Phi) is 7.73. The zero-order chi connectivity index (χ0) is 25.6. The van der Waals surface area contributed by atoms with E-state index in [0.29, 0.717) is 24.6 Å². The SMILES string of the molecule is Cn1c(=O)oc2cc(C3CCN(C(=O)NCCCCc4ccccc4)C(Cc4ccccc4)C3)ccc21. The molecular formula is C31H35N3O3. The minimum absolute atomic E-state index is 0.0311. The van der Waals surface area contributed by atoms with Crippen LogP contribution in [0, 0.1) is 0 Å². The first-order chi connectivity index (χ1) is 18.1. The van der Waals surface area contributed by atoms with Crippen LogP contribution in [0.5, 0.6) is 0 Å². The average Bonchev–Trinajstić information content (AvgIpc) is 3.22. The van der Waals surface area contributed by atoms with E-state index in [-0.39, 0.29) is 17.8 Å². The van der Waals surface area contributed by atoms with Crippen molar-refractivity contribution >= 4 is 17.1 Å². The Morgan fingerprint density at radius 2 is 1.70 bits per heavy atom. The van der Waals surface area contributed by atoms with Crippen LogP contribution in [0.3, 0.4) is 0 Å². The summed E-state index contributed by atoms with van der Waals surface area (Å²) in [5.74, 6) is -0.0390. The lowest BCUT2D eigenvalue weighted by Gasteiger charge is -2.40. The highest BCUT2D eigenvalue weighted by Gasteiger charge is 2.32. The number of aryl methyl sites for hydroxylation is 2. The Balaban J connectivity index is 1.24. The van der Waals surface area contributed by atoms with Crippen molar-refractivity contribution in [3.05, 3.63) is 106 Å². The third-order valence-corrected chi connectivity index (χ3v) is 7.59. The average molecular weight is 498 g/mol. The number of hydrogen-bond donors (Lipinski definition) is 1. The quantitative estimate of drug-likeness (QED) is 0.320. The summed E-state index contributed by atoms with van der Waals surface area (Å²) in [6.45, 7) is 1.39. The highest BCUT2D eigenvalue weighted by molar-refractivity contribution is 5.75. The van der Waals surface area contributed by atoms with Crippen LogP contribution in [-0.2, 0) is 19.9 Å². The van der Waals surface area contributed by atoms with E-state index in [1.165, 1.54) is 21.3 Å². The molecule has 0 saturated carbocycles. The Hall–Kier alpha value is -3.80. The highest BCUT2D eigenvalue weighted by atomic mass is 16.4. The van der Waals surface area contributed by atoms with Gasteiger partial charge in [0.15, 0.2) is 5.58 Å². The van der Waals surface area contributed by atoms with Crippen molar-refractivity contribution < 1.29 is 9.21 Å². The van der Waals surface area contributed by atoms with Crippen molar-refractivity contribution in [1.29, 1.82) is 0 Å². The number of nitrogens with one attached hydrogen (secondary N) is 1. The van der Waals surface area contributed by atoms with Gasteiger partial charge in [-0.25, -0.2) is 9.59 Å². The number of benzene rings is 3. The smallest absolute Gasteiger partial charge is 0.408 e. The molecule has 3 aromatic carbocycles. The van der Waals surface area contributed by atoms with E-state index >= 15 is 0 Å². The molecule has 1 aromatic heterocycles. The minimum Gasteiger partial charge on any atom is -0.408 e. The highest BCUT2D eigenvalue weighted by Crippen LogP contribution is 2.34. The second kappa shape index (κ2) is 11.5. The molecule has 192 valence electrons. The summed E-state index contributed by atoms with van der Waals surface area (Å²) in [4.78, 5) is 27.2. The van der Waals surface area contributed by atoms with E-state index in [0.717, 1.165) is 44.0 Å². The van der Waals surface area contributed by atoms with Crippen molar-refractivity contribution in [1.82, 2.24) is 14.8 Å². The van der Waals surface area contributed by atoms with E-state index in [2.05, 4.69) is 59.9 Å². The molecule has 2 amide bonds. The molecule has 0 bridgehead atoms. The van der Waals surface area contributed by atoms with Crippen molar-refractivity contribution in [2.75, 3.05) is 13.1 Å². The predicted octanol–water partition coefficient (Wildman–Crippen LogP) is 5.65. The molecule has 0 aliphatic carbocycles. The molecule has 1 aliphatic rings. The maximum atomic E-state index is 13.3. The van der Waals surface area contributed by atoms with Crippen LogP contribution in [0.1, 0.15) is 48.3 Å². The molecule has 37 heavy (non-hydrogen) atoms. The molecule has 0 spiro atoms. The first kappa shape index (κ1) is 24.9. The van der Waals surface area contributed by atoms with E-state index in [9.17, 15) is 9.59 Å². The van der Waals surface area contributed by atoms with Crippen LogP contribution in [0.2, 0.25) is 0 Å². The fourth-order valence-electron chi connectivity index (χ4n) is 5.50. The summed E-state index contributed by atoms with van der Waals surface area (Å²) in [6, 6.07) is 27.1. The van der Waals surface area contributed by atoms with Gasteiger partial charge < -0.3 is 14.6 Å². The maximum Gasteiger partial charge on any atom is 0.419 e. The normalized spacial score (nSPS) is 17.7. The lowest BCUT2D eigenvalue weighted by atomic mass is 9.83. The number of oxazole rings is 1. The molecular weight excluding hydrogens is 462 g/mol. The zero-order valence-corrected chi connectivity index (χ0v) is 21.4. The number of carbonyl (C=O) groups is 1. The van der Waals surface area contributed by atoms with Gasteiger partial charge in [-0.3, -0.25) is 4.57 Å². The summed E-state index contributed by atoms with van der Waals surface area (Å²) >= 11 is 0. The third-order valence-electron chi connectivity index (χ3n) is 7.59. The molecule has 2 unspecified atom stereocenters. The number of rotatable bonds is 8. The van der Waals surface area contributed by atoms with Gasteiger partial charge in [0.05, 0.1) is 5.52 Å². The summed E-state index contributed by atoms with van der Waals surface area (Å²) in [5.41, 5.74) is 5.17. The van der Waals surface area contributed by atoms with Crippen molar-refractivity contribution in [3.8, 4) is 0 Å². The molecule has 1 N–H and O–H groups in total. The van der Waals surface area contributed by atoms with Gasteiger partial charge in [0.2, 0.25) is 0 Å². The second-order valence-corrected chi connectivity index (χ2v) is 10.1. The van der Waals surface area contributed by atoms with Crippen molar-refractivity contribution in [3.63, 3.8) is 0 Å². The van der Waals surface area contributed by atoms with Gasteiger partial charge in [0, 0.05) is 26.2 Å². The van der Waals surface area contributed by atoms with E-state index in [1.807, 2.05) is 29.2 Å². The molecule has 2 heterocycles. The molecule has 6 heteroatoms. The molecule has 1 fully saturated rings. The number of fused-ring (bicyclic) bond motifs is 1. The summed E-state index contributed by atoms with van der Waals surface area (Å²) in [7, 11) is 1.72. The van der Waals surface area contributed by atoms with Crippen LogP contribution >= 0.6 is 0 Å². The minimum atomic E-state index is -0.343. The van der Waals surface area contributed by atoms with Crippen molar-refractivity contribution in [2.24, 2.45) is 7.05 Å². The van der Waals surface area contributed by atoms with E-state index < -0.39 is 0 Å². The zero-order valence-electron chi connectivity index (χ0n) is 21.4. The van der Waals surface area contributed by atoms with Gasteiger partial charge in [-0.15, -0.1) is 0 Å². The molecule has 6 nitrogen and oxygen atoms in total. The van der Waals surface area contributed by atoms with Crippen LogP contribution in [0.25, 0.3) is 11.1 Å². The van der Waals surface area contributed by atoms with Crippen LogP contribution in [-0.4, -0.2) is 34.6 Å². The molecule has 1 saturated heterocycles. The van der Waals surface area contributed by atoms with Gasteiger partial charge in [-0.05, 0) is 73.3 Å². The third kappa shape index (κ3) is 5.96. The first-order valence-corrected chi connectivity index (χ1v) is 13.3. The van der Waals surface area contributed by atoms with Gasteiger partial charge >= 0.3 is 11.8 Å². The number of piperidine rings is 1. The first-order valence-electron chi connectivity index (χ1n) is 13.3. The number of carbonyl (C=O) groups excluding carboxylic acids is 1. The Morgan fingerprint density at radius 3 is 2.46 bits per heavy atom. The summed E-state index contributed by atoms with van der Waals surface area (Å²) in [6.07, 6.45) is 5.63. The fraction of sp³-hybridized carbons (Fsp3) is 0.355. The number of amides is 2. The largest absolute Gasteiger partial charge is 0.419 e. The number of nitrogens with zero attached hydrogens (tertiary/aromatic N) is 2. The topological polar surface area (TPSA) is 67.5 Å². The standard InChI is InChI=1S/C31H35N3O3/c1-33-28-16-15-25(22-29(28)37-31(33)36)26-17-19-34(27(21-26)20-24-13-6-3-7-14-24)30(35)32-18-9-8-12-23-10-4-2-5-11-23/h2-7,10-11,13-16,22,26-27H,8-9,12,17-21H2,1H3,(H,32,35). The van der Waals surface area contributed by atoms with Crippen LogP contribution in [0.4, 0.5) is 4.79 Å². The van der Waals surface area contributed by atoms with Gasteiger partial charge in [-0.1, -0.05) is 66.7 Å². The van der Waals surface area contributed by atoms with Crippen LogP contribution in [0.15, 0.2) is 88.1 Å². The maximum absolute atomic E-state index is 13.3. The Morgan fingerprint density at radius 1 is 0.973 bits per heavy atom. The number of aromatic nitrogens is 1. The number of urea groups is 1. The van der Waals surface area contributed by atoms with E-state index in [4.69, 9.17) is 4.42 Å². The van der Waals surface area contributed by atoms with Crippen molar-refractivity contribution in [2.45, 2.75) is 50.5 Å². The fourth-order valence-corrected chi connectivity index (χ4v) is 5.50. The van der Waals surface area contributed by atoms with Gasteiger partial charge in [-0.2, -0.15) is 0 Å². The summed E-state index contributed by atoms with van der Waals surface area (Å²) in [5, 5.41) is 3.18. The molecule has 5 rings (SSSR count). The molecule has 0 radical (unpaired) electrons. The molecule has 2 atom stereocenters. The summed E-state index contributed by atoms with van der Waals surface area (Å²) < 4.78 is 6.97.